The van der Waals surface area contributed by atoms with Crippen molar-refractivity contribution >= 4 is 0 Å². The van der Waals surface area contributed by atoms with Gasteiger partial charge in [0.25, 0.3) is 0 Å². The molecule has 0 amide bonds. The van der Waals surface area contributed by atoms with Crippen molar-refractivity contribution in [2.24, 2.45) is 5.92 Å². The number of phenols is 1. The van der Waals surface area contributed by atoms with E-state index in [1.165, 1.54) is 19.5 Å². The van der Waals surface area contributed by atoms with Crippen molar-refractivity contribution in [3.8, 4) is 11.5 Å². The van der Waals surface area contributed by atoms with Crippen LogP contribution in [0.2, 0.25) is 0 Å². The molecule has 2 atom stereocenters. The van der Waals surface area contributed by atoms with E-state index in [0.717, 1.165) is 47.9 Å². The molecule has 0 aliphatic carbocycles. The third-order valence-corrected chi connectivity index (χ3v) is 6.41. The van der Waals surface area contributed by atoms with Crippen LogP contribution in [0, 0.1) is 5.92 Å². The van der Waals surface area contributed by atoms with Gasteiger partial charge in [-0.25, -0.2) is 4.39 Å². The Labute approximate surface area is 199 Å². The molecule has 182 valence electrons. The van der Waals surface area contributed by atoms with Gasteiger partial charge in [-0.15, -0.1) is 0 Å². The minimum absolute atomic E-state index is 0.0282. The largest absolute Gasteiger partial charge is 0.508 e. The minimum atomic E-state index is -1.28. The molecular formula is C28H41FN2O2. The van der Waals surface area contributed by atoms with Crippen LogP contribution in [-0.4, -0.2) is 59.9 Å². The van der Waals surface area contributed by atoms with Crippen LogP contribution >= 0.6 is 0 Å². The van der Waals surface area contributed by atoms with Crippen molar-refractivity contribution in [1.82, 2.24) is 9.80 Å². The number of benzene rings is 2. The summed E-state index contributed by atoms with van der Waals surface area (Å²) in [7, 11) is 0. The lowest BCUT2D eigenvalue weighted by Gasteiger charge is -2.40. The predicted molar refractivity (Wildman–Crippen MR) is 134 cm³/mol. The number of aromatic hydroxyl groups is 1. The molecule has 1 fully saturated rings. The van der Waals surface area contributed by atoms with Crippen molar-refractivity contribution < 1.29 is 14.2 Å². The Bertz CT molecular complexity index is 878. The SMILES string of the molecule is CC.C[C@@H]1CCN(CCOc2ccc(C3c4ccc(O)cc4CCN3CC(C)(C)F)cc2)C1. The Hall–Kier alpha value is -2.11. The number of phenolic OH excluding ortho intramolecular Hbond substituents is 1. The highest BCUT2D eigenvalue weighted by molar-refractivity contribution is 5.44. The Kier molecular flexibility index (Phi) is 8.77. The average molecular weight is 457 g/mol. The van der Waals surface area contributed by atoms with Crippen LogP contribution in [0.3, 0.4) is 0 Å². The monoisotopic (exact) mass is 456 g/mol. The standard InChI is InChI=1S/C26H35FN2O2.C2H6/c1-19-10-12-28(17-19)14-15-31-23-7-4-20(5-8-23)25-24-9-6-22(30)16-21(24)11-13-29(25)18-26(2,3)27;1-2/h4-9,16,19,25,30H,10-15,17-18H2,1-3H3;1-2H3/t19-,25?;/m1./s1. The van der Waals surface area contributed by atoms with Crippen molar-refractivity contribution in [1.29, 1.82) is 0 Å². The maximum Gasteiger partial charge on any atom is 0.119 e. The number of rotatable bonds is 7. The fourth-order valence-corrected chi connectivity index (χ4v) is 4.98. The molecule has 2 aliphatic rings. The summed E-state index contributed by atoms with van der Waals surface area (Å²) in [4.78, 5) is 4.67. The molecule has 0 bridgehead atoms. The first-order valence-electron chi connectivity index (χ1n) is 12.5. The quantitative estimate of drug-likeness (QED) is 0.568. The number of nitrogens with zero attached hydrogens (tertiary/aromatic N) is 2. The molecule has 0 saturated carbocycles. The highest BCUT2D eigenvalue weighted by Crippen LogP contribution is 2.38. The Morgan fingerprint density at radius 3 is 2.45 bits per heavy atom. The van der Waals surface area contributed by atoms with E-state index in [1.54, 1.807) is 19.9 Å². The fraction of sp³-hybridized carbons (Fsp3) is 0.571. The lowest BCUT2D eigenvalue weighted by atomic mass is 9.87. The van der Waals surface area contributed by atoms with Gasteiger partial charge in [-0.05, 0) is 80.1 Å². The van der Waals surface area contributed by atoms with Crippen LogP contribution in [-0.2, 0) is 6.42 Å². The van der Waals surface area contributed by atoms with Crippen molar-refractivity contribution in [2.75, 3.05) is 39.3 Å². The first-order valence-corrected chi connectivity index (χ1v) is 12.5. The van der Waals surface area contributed by atoms with Crippen molar-refractivity contribution in [3.05, 3.63) is 59.2 Å². The number of hydrogen-bond acceptors (Lipinski definition) is 4. The van der Waals surface area contributed by atoms with Crippen LogP contribution in [0.5, 0.6) is 11.5 Å². The normalized spacial score (nSPS) is 21.3. The Morgan fingerprint density at radius 1 is 1.09 bits per heavy atom. The first-order chi connectivity index (χ1) is 15.8. The van der Waals surface area contributed by atoms with Crippen LogP contribution in [0.4, 0.5) is 4.39 Å². The molecule has 0 radical (unpaired) electrons. The summed E-state index contributed by atoms with van der Waals surface area (Å²) in [5.74, 6) is 1.94. The molecule has 4 rings (SSSR count). The second kappa shape index (κ2) is 11.3. The molecule has 4 nitrogen and oxygen atoms in total. The fourth-order valence-electron chi connectivity index (χ4n) is 4.98. The van der Waals surface area contributed by atoms with E-state index < -0.39 is 5.67 Å². The van der Waals surface area contributed by atoms with E-state index in [-0.39, 0.29) is 11.8 Å². The maximum absolute atomic E-state index is 14.6. The zero-order chi connectivity index (χ0) is 24.0. The van der Waals surface area contributed by atoms with Crippen LogP contribution < -0.4 is 4.74 Å². The van der Waals surface area contributed by atoms with Crippen molar-refractivity contribution in [3.63, 3.8) is 0 Å². The summed E-state index contributed by atoms with van der Waals surface area (Å²) in [5.41, 5.74) is 2.13. The van der Waals surface area contributed by atoms with E-state index in [4.69, 9.17) is 4.74 Å². The van der Waals surface area contributed by atoms with Crippen LogP contribution in [0.15, 0.2) is 42.5 Å². The van der Waals surface area contributed by atoms with Gasteiger partial charge in [0.15, 0.2) is 0 Å². The molecule has 2 aromatic rings. The third kappa shape index (κ3) is 6.94. The minimum Gasteiger partial charge on any atom is -0.508 e. The highest BCUT2D eigenvalue weighted by Gasteiger charge is 2.32. The molecule has 33 heavy (non-hydrogen) atoms. The van der Waals surface area contributed by atoms with E-state index in [9.17, 15) is 9.50 Å². The molecule has 1 unspecified atom stereocenters. The second-order valence-electron chi connectivity index (χ2n) is 9.84. The number of fused-ring (bicyclic) bond motifs is 1. The first kappa shape index (κ1) is 25.5. The number of halogens is 1. The van der Waals surface area contributed by atoms with Gasteiger partial charge in [0, 0.05) is 26.2 Å². The van der Waals surface area contributed by atoms with Gasteiger partial charge in [0.2, 0.25) is 0 Å². The number of likely N-dealkylation sites (tertiary alicyclic amines) is 1. The van der Waals surface area contributed by atoms with Gasteiger partial charge >= 0.3 is 0 Å². The lowest BCUT2D eigenvalue weighted by molar-refractivity contribution is 0.0997. The summed E-state index contributed by atoms with van der Waals surface area (Å²) < 4.78 is 20.5. The molecule has 2 aliphatic heterocycles. The van der Waals surface area contributed by atoms with Gasteiger partial charge in [-0.3, -0.25) is 9.80 Å². The van der Waals surface area contributed by atoms with Gasteiger partial charge in [0.1, 0.15) is 23.8 Å². The topological polar surface area (TPSA) is 35.9 Å². The van der Waals surface area contributed by atoms with Gasteiger partial charge < -0.3 is 9.84 Å². The van der Waals surface area contributed by atoms with Gasteiger partial charge in [0.05, 0.1) is 6.04 Å². The maximum atomic E-state index is 14.6. The van der Waals surface area contributed by atoms with E-state index in [2.05, 4.69) is 28.9 Å². The molecule has 5 heteroatoms. The van der Waals surface area contributed by atoms with Gasteiger partial charge in [-0.1, -0.05) is 39.0 Å². The smallest absolute Gasteiger partial charge is 0.119 e. The molecule has 2 aromatic carbocycles. The van der Waals surface area contributed by atoms with Crippen molar-refractivity contribution in [2.45, 2.75) is 59.2 Å². The number of hydrogen-bond donors (Lipinski definition) is 1. The van der Waals surface area contributed by atoms with E-state index >= 15 is 0 Å². The molecule has 2 heterocycles. The molecule has 0 aromatic heterocycles. The summed E-state index contributed by atoms with van der Waals surface area (Å²) in [6.07, 6.45) is 2.09. The van der Waals surface area contributed by atoms with Crippen LogP contribution in [0.25, 0.3) is 0 Å². The zero-order valence-corrected chi connectivity index (χ0v) is 21.0. The van der Waals surface area contributed by atoms with Crippen LogP contribution in [0.1, 0.15) is 63.8 Å². The summed E-state index contributed by atoms with van der Waals surface area (Å²) in [6.45, 7) is 14.7. The van der Waals surface area contributed by atoms with E-state index in [0.29, 0.717) is 13.2 Å². The number of alkyl halides is 1. The Balaban J connectivity index is 0.00000149. The molecular weight excluding hydrogens is 415 g/mol. The summed E-state index contributed by atoms with van der Waals surface area (Å²) >= 11 is 0. The predicted octanol–water partition coefficient (Wildman–Crippen LogP) is 5.83. The van der Waals surface area contributed by atoms with E-state index in [1.807, 2.05) is 38.1 Å². The number of ether oxygens (including phenoxy) is 1. The zero-order valence-electron chi connectivity index (χ0n) is 21.0. The third-order valence-electron chi connectivity index (χ3n) is 6.41. The molecule has 1 N–H and O–H groups in total. The summed E-state index contributed by atoms with van der Waals surface area (Å²) in [6, 6.07) is 13.8. The lowest BCUT2D eigenvalue weighted by Crippen LogP contribution is -2.42. The Morgan fingerprint density at radius 2 is 1.82 bits per heavy atom. The molecule has 0 spiro atoms. The molecule has 1 saturated heterocycles. The van der Waals surface area contributed by atoms with Gasteiger partial charge in [-0.2, -0.15) is 0 Å². The average Bonchev–Trinajstić information content (AvgIpc) is 3.20. The summed E-state index contributed by atoms with van der Waals surface area (Å²) in [5, 5.41) is 9.92. The highest BCUT2D eigenvalue weighted by atomic mass is 19.1. The second-order valence-corrected chi connectivity index (χ2v) is 9.84.